The van der Waals surface area contributed by atoms with Crippen molar-refractivity contribution in [1.29, 1.82) is 0 Å². The van der Waals surface area contributed by atoms with Crippen LogP contribution in [0.1, 0.15) is 73.6 Å². The summed E-state index contributed by atoms with van der Waals surface area (Å²) >= 11 is 0. The number of esters is 2. The molecule has 0 saturated heterocycles. The Morgan fingerprint density at radius 1 is 1.21 bits per heavy atom. The Morgan fingerprint density at radius 2 is 1.86 bits per heavy atom. The number of ether oxygens (including phenoxy) is 2. The Morgan fingerprint density at radius 3 is 2.45 bits per heavy atom. The molecule has 2 rings (SSSR count). The minimum Gasteiger partial charge on any atom is -0.462 e. The summed E-state index contributed by atoms with van der Waals surface area (Å²) in [7, 11) is 0. The molecule has 0 amide bonds. The van der Waals surface area contributed by atoms with Crippen LogP contribution in [0, 0.1) is 23.2 Å². The Balaban J connectivity index is 2.53. The summed E-state index contributed by atoms with van der Waals surface area (Å²) in [4.78, 5) is 23.7. The second-order valence-corrected chi connectivity index (χ2v) is 9.81. The lowest BCUT2D eigenvalue weighted by Crippen LogP contribution is -2.46. The van der Waals surface area contributed by atoms with Crippen LogP contribution in [0.15, 0.2) is 24.3 Å². The molecule has 0 unspecified atom stereocenters. The zero-order valence-corrected chi connectivity index (χ0v) is 18.9. The first-order valence-corrected chi connectivity index (χ1v) is 10.8. The third-order valence-corrected chi connectivity index (χ3v) is 6.84. The molecule has 0 spiro atoms. The average Bonchev–Trinajstić information content (AvgIpc) is 2.93. The number of fused-ring (bicyclic) bond motifs is 1. The fourth-order valence-electron chi connectivity index (χ4n) is 5.33. The molecule has 0 aromatic heterocycles. The maximum absolute atomic E-state index is 12.0. The van der Waals surface area contributed by atoms with Crippen molar-refractivity contribution >= 4 is 11.9 Å². The van der Waals surface area contributed by atoms with Gasteiger partial charge in [0, 0.05) is 32.1 Å². The molecule has 0 aromatic carbocycles. The van der Waals surface area contributed by atoms with Crippen LogP contribution in [0.5, 0.6) is 0 Å². The molecular formula is C24H38O5. The van der Waals surface area contributed by atoms with E-state index in [1.54, 1.807) is 0 Å². The molecule has 164 valence electrons. The van der Waals surface area contributed by atoms with Crippen LogP contribution in [0.2, 0.25) is 0 Å². The maximum Gasteiger partial charge on any atom is 0.303 e. The quantitative estimate of drug-likeness (QED) is 0.548. The van der Waals surface area contributed by atoms with Gasteiger partial charge in [-0.15, -0.1) is 0 Å². The van der Waals surface area contributed by atoms with Gasteiger partial charge in [-0.3, -0.25) is 9.59 Å². The van der Waals surface area contributed by atoms with Crippen molar-refractivity contribution in [2.45, 2.75) is 91.5 Å². The van der Waals surface area contributed by atoms with E-state index in [1.807, 2.05) is 13.8 Å². The minimum atomic E-state index is -0.688. The lowest BCUT2D eigenvalue weighted by molar-refractivity contribution is -0.169. The van der Waals surface area contributed by atoms with Gasteiger partial charge in [0.15, 0.2) is 0 Å². The van der Waals surface area contributed by atoms with E-state index < -0.39 is 17.8 Å². The zero-order chi connectivity index (χ0) is 22.0. The Bertz CT molecular complexity index is 664. The largest absolute Gasteiger partial charge is 0.462 e. The molecule has 0 aliphatic heterocycles. The molecule has 29 heavy (non-hydrogen) atoms. The highest BCUT2D eigenvalue weighted by Gasteiger charge is 2.54. The van der Waals surface area contributed by atoms with E-state index >= 15 is 0 Å². The Hall–Kier alpha value is -1.62. The second-order valence-electron chi connectivity index (χ2n) is 9.81. The highest BCUT2D eigenvalue weighted by atomic mass is 16.6. The number of allylic oxidation sites excluding steroid dienone is 2. The lowest BCUT2D eigenvalue weighted by Gasteiger charge is -2.43. The van der Waals surface area contributed by atoms with E-state index in [9.17, 15) is 14.7 Å². The molecule has 6 atom stereocenters. The molecule has 0 radical (unpaired) electrons. The van der Waals surface area contributed by atoms with Crippen molar-refractivity contribution in [2.24, 2.45) is 23.2 Å². The summed E-state index contributed by atoms with van der Waals surface area (Å²) in [5.41, 5.74) is -0.193. The van der Waals surface area contributed by atoms with Gasteiger partial charge < -0.3 is 14.6 Å². The van der Waals surface area contributed by atoms with Crippen LogP contribution in [0.3, 0.4) is 0 Å². The first-order chi connectivity index (χ1) is 13.4. The van der Waals surface area contributed by atoms with Gasteiger partial charge in [-0.25, -0.2) is 0 Å². The number of aliphatic hydroxyl groups is 1. The molecule has 2 aliphatic rings. The normalized spacial score (nSPS) is 37.2. The molecule has 0 bridgehead atoms. The van der Waals surface area contributed by atoms with Crippen LogP contribution in [0.25, 0.3) is 0 Å². The molecule has 5 heteroatoms. The standard InChI is InChI=1S/C24H38O5/c1-15-8-9-20(27)16(2)14-21(28-17(3)25)22-19(23(5,6)29-18(4)26)11-13-24(22,7)12-10-15/h10,12,15,19-22,27H,2,8-9,11,13-14H2,1,3-7H3/b12-10+/t15-,19-,20-,21+,22-,24+/m1/s1. The molecule has 0 heterocycles. The average molecular weight is 407 g/mol. The first kappa shape index (κ1) is 23.7. The summed E-state index contributed by atoms with van der Waals surface area (Å²) in [6.45, 7) is 15.2. The number of hydrogen-bond acceptors (Lipinski definition) is 5. The van der Waals surface area contributed by atoms with Gasteiger partial charge in [0.1, 0.15) is 11.7 Å². The number of carbonyl (C=O) groups excluding carboxylic acids is 2. The van der Waals surface area contributed by atoms with Gasteiger partial charge in [-0.2, -0.15) is 0 Å². The molecule has 1 N–H and O–H groups in total. The lowest BCUT2D eigenvalue weighted by atomic mass is 9.68. The van der Waals surface area contributed by atoms with Gasteiger partial charge in [-0.1, -0.05) is 32.6 Å². The molecule has 1 fully saturated rings. The number of aliphatic hydroxyl groups excluding tert-OH is 1. The van der Waals surface area contributed by atoms with Crippen LogP contribution < -0.4 is 0 Å². The predicted octanol–water partition coefficient (Wildman–Crippen LogP) is 4.59. The molecule has 0 aromatic rings. The van der Waals surface area contributed by atoms with Gasteiger partial charge in [0.05, 0.1) is 6.10 Å². The molecule has 5 nitrogen and oxygen atoms in total. The summed E-state index contributed by atoms with van der Waals surface area (Å²) < 4.78 is 11.5. The highest BCUT2D eigenvalue weighted by Crippen LogP contribution is 2.55. The van der Waals surface area contributed by atoms with E-state index in [0.717, 1.165) is 19.3 Å². The maximum atomic E-state index is 12.0. The smallest absolute Gasteiger partial charge is 0.303 e. The molecule has 1 saturated carbocycles. The fraction of sp³-hybridized carbons (Fsp3) is 0.750. The summed E-state index contributed by atoms with van der Waals surface area (Å²) in [5.74, 6) is -0.352. The predicted molar refractivity (Wildman–Crippen MR) is 113 cm³/mol. The van der Waals surface area contributed by atoms with Gasteiger partial charge >= 0.3 is 11.9 Å². The van der Waals surface area contributed by atoms with Crippen molar-refractivity contribution < 1.29 is 24.2 Å². The van der Waals surface area contributed by atoms with Crippen LogP contribution in [-0.4, -0.2) is 34.9 Å². The fourth-order valence-corrected chi connectivity index (χ4v) is 5.33. The van der Waals surface area contributed by atoms with E-state index in [0.29, 0.717) is 24.3 Å². The van der Waals surface area contributed by atoms with Gasteiger partial charge in [0.25, 0.3) is 0 Å². The van der Waals surface area contributed by atoms with E-state index in [4.69, 9.17) is 9.47 Å². The summed E-state index contributed by atoms with van der Waals surface area (Å²) in [5, 5.41) is 10.6. The Kier molecular flexibility index (Phi) is 7.37. The van der Waals surface area contributed by atoms with E-state index in [-0.39, 0.29) is 29.2 Å². The highest BCUT2D eigenvalue weighted by molar-refractivity contribution is 5.67. The zero-order valence-electron chi connectivity index (χ0n) is 18.9. The molecular weight excluding hydrogens is 368 g/mol. The number of carbonyl (C=O) groups is 2. The third-order valence-electron chi connectivity index (χ3n) is 6.84. The third kappa shape index (κ3) is 5.71. The van der Waals surface area contributed by atoms with Crippen molar-refractivity contribution in [3.63, 3.8) is 0 Å². The topological polar surface area (TPSA) is 72.8 Å². The second kappa shape index (κ2) is 9.03. The SMILES string of the molecule is C=C1C[C@H](OC(C)=O)[C@H]2[C@H](C(C)(C)OC(C)=O)CC[C@]2(C)/C=C/[C@H](C)CC[C@H]1O. The summed E-state index contributed by atoms with van der Waals surface area (Å²) in [6.07, 6.45) is 7.16. The van der Waals surface area contributed by atoms with E-state index in [2.05, 4.69) is 32.6 Å². The van der Waals surface area contributed by atoms with Crippen molar-refractivity contribution in [1.82, 2.24) is 0 Å². The first-order valence-electron chi connectivity index (χ1n) is 10.8. The number of rotatable bonds is 3. The van der Waals surface area contributed by atoms with Gasteiger partial charge in [-0.05, 0) is 56.4 Å². The monoisotopic (exact) mass is 406 g/mol. The van der Waals surface area contributed by atoms with Crippen molar-refractivity contribution in [2.75, 3.05) is 0 Å². The Labute approximate surface area is 175 Å². The van der Waals surface area contributed by atoms with Crippen LogP contribution >= 0.6 is 0 Å². The number of hydrogen-bond donors (Lipinski definition) is 1. The van der Waals surface area contributed by atoms with Gasteiger partial charge in [0.2, 0.25) is 0 Å². The van der Waals surface area contributed by atoms with Crippen molar-refractivity contribution in [3.05, 3.63) is 24.3 Å². The summed E-state index contributed by atoms with van der Waals surface area (Å²) in [6, 6.07) is 0. The van der Waals surface area contributed by atoms with Crippen molar-refractivity contribution in [3.8, 4) is 0 Å². The van der Waals surface area contributed by atoms with E-state index in [1.165, 1.54) is 13.8 Å². The minimum absolute atomic E-state index is 0.0198. The van der Waals surface area contributed by atoms with Crippen LogP contribution in [-0.2, 0) is 19.1 Å². The molecule has 2 aliphatic carbocycles. The van der Waals surface area contributed by atoms with Crippen LogP contribution in [0.4, 0.5) is 0 Å².